The number of amides is 1. The van der Waals surface area contributed by atoms with Crippen molar-refractivity contribution in [3.05, 3.63) is 11.8 Å². The molecule has 0 aliphatic heterocycles. The summed E-state index contributed by atoms with van der Waals surface area (Å²) in [6, 6.07) is 1.83. The lowest BCUT2D eigenvalue weighted by molar-refractivity contribution is -0.121. The predicted octanol–water partition coefficient (Wildman–Crippen LogP) is 1.04. The minimum absolute atomic E-state index is 0.149. The average molecular weight is 222 g/mol. The van der Waals surface area contributed by atoms with E-state index in [1.807, 2.05) is 13.0 Å². The first-order valence-corrected chi connectivity index (χ1v) is 5.68. The minimum atomic E-state index is -0.772. The van der Waals surface area contributed by atoms with Crippen molar-refractivity contribution in [2.75, 3.05) is 5.32 Å². The third kappa shape index (κ3) is 2.09. The van der Waals surface area contributed by atoms with Gasteiger partial charge in [0.05, 0.1) is 5.54 Å². The maximum atomic E-state index is 11.9. The molecule has 88 valence electrons. The van der Waals surface area contributed by atoms with Gasteiger partial charge in [-0.15, -0.1) is 0 Å². The Balaban J connectivity index is 2.01. The fraction of sp³-hybridized carbons (Fsp3) is 0.636. The molecule has 0 saturated heterocycles. The van der Waals surface area contributed by atoms with Crippen molar-refractivity contribution in [2.45, 2.75) is 38.6 Å². The van der Waals surface area contributed by atoms with Crippen LogP contribution in [0.25, 0.3) is 0 Å². The van der Waals surface area contributed by atoms with Gasteiger partial charge in [0, 0.05) is 11.8 Å². The number of aryl methyl sites for hydroxylation is 1. The second-order valence-electron chi connectivity index (χ2n) is 4.64. The molecule has 1 aliphatic carbocycles. The number of carbonyl (C=O) groups is 1. The quantitative estimate of drug-likeness (QED) is 0.711. The van der Waals surface area contributed by atoms with Gasteiger partial charge < -0.3 is 11.1 Å². The molecule has 5 heteroatoms. The Labute approximate surface area is 94.8 Å². The van der Waals surface area contributed by atoms with E-state index < -0.39 is 5.54 Å². The third-order valence-electron chi connectivity index (χ3n) is 3.17. The molecule has 1 aromatic heterocycles. The van der Waals surface area contributed by atoms with Crippen molar-refractivity contribution in [3.63, 3.8) is 0 Å². The van der Waals surface area contributed by atoms with Gasteiger partial charge in [0.25, 0.3) is 0 Å². The maximum absolute atomic E-state index is 11.9. The minimum Gasteiger partial charge on any atom is -0.317 e. The molecule has 1 fully saturated rings. The molecule has 2 rings (SSSR count). The lowest BCUT2D eigenvalue weighted by Crippen LogP contribution is -2.50. The topological polar surface area (TPSA) is 83.8 Å². The van der Waals surface area contributed by atoms with Crippen LogP contribution in [0, 0.1) is 5.92 Å². The van der Waals surface area contributed by atoms with Gasteiger partial charge in [-0.3, -0.25) is 9.89 Å². The standard InChI is InChI=1S/C11H18N4O/c1-3-8-6-9(15-14-8)13-10(16)11(2,12)7-4-5-7/h6-7H,3-5,12H2,1-2H3,(H2,13,14,15,16). The largest absolute Gasteiger partial charge is 0.317 e. The van der Waals surface area contributed by atoms with Crippen molar-refractivity contribution in [1.82, 2.24) is 10.2 Å². The van der Waals surface area contributed by atoms with Gasteiger partial charge in [-0.2, -0.15) is 5.10 Å². The monoisotopic (exact) mass is 222 g/mol. The molecular formula is C11H18N4O. The SMILES string of the molecule is CCc1cc(NC(=O)C(C)(N)C2CC2)n[nH]1. The van der Waals surface area contributed by atoms with Crippen LogP contribution in [-0.2, 0) is 11.2 Å². The van der Waals surface area contributed by atoms with Crippen LogP contribution in [0.5, 0.6) is 0 Å². The Bertz CT molecular complexity index is 392. The summed E-state index contributed by atoms with van der Waals surface area (Å²) < 4.78 is 0. The molecule has 1 aromatic rings. The second kappa shape index (κ2) is 3.90. The van der Waals surface area contributed by atoms with Crippen molar-refractivity contribution in [3.8, 4) is 0 Å². The summed E-state index contributed by atoms with van der Waals surface area (Å²) in [7, 11) is 0. The van der Waals surface area contributed by atoms with Gasteiger partial charge in [-0.25, -0.2) is 0 Å². The Morgan fingerprint density at radius 3 is 2.94 bits per heavy atom. The van der Waals surface area contributed by atoms with E-state index in [4.69, 9.17) is 5.73 Å². The molecule has 1 saturated carbocycles. The number of carbonyl (C=O) groups excluding carboxylic acids is 1. The molecule has 5 nitrogen and oxygen atoms in total. The van der Waals surface area contributed by atoms with E-state index in [1.165, 1.54) is 0 Å². The Morgan fingerprint density at radius 1 is 1.75 bits per heavy atom. The number of nitrogens with zero attached hydrogens (tertiary/aromatic N) is 1. The van der Waals surface area contributed by atoms with Gasteiger partial charge >= 0.3 is 0 Å². The maximum Gasteiger partial charge on any atom is 0.245 e. The number of H-pyrrole nitrogens is 1. The van der Waals surface area contributed by atoms with E-state index in [0.29, 0.717) is 11.7 Å². The number of anilines is 1. The zero-order chi connectivity index (χ0) is 11.8. The normalized spacial score (nSPS) is 19.2. The van der Waals surface area contributed by atoms with Crippen LogP contribution in [0.15, 0.2) is 6.07 Å². The number of nitrogens with one attached hydrogen (secondary N) is 2. The van der Waals surface area contributed by atoms with Gasteiger partial charge in [0.1, 0.15) is 0 Å². The summed E-state index contributed by atoms with van der Waals surface area (Å²) in [6.45, 7) is 3.81. The van der Waals surface area contributed by atoms with Crippen LogP contribution in [0.4, 0.5) is 5.82 Å². The van der Waals surface area contributed by atoms with E-state index in [-0.39, 0.29) is 5.91 Å². The summed E-state index contributed by atoms with van der Waals surface area (Å²) in [5.41, 5.74) is 6.23. The first kappa shape index (κ1) is 11.1. The first-order chi connectivity index (χ1) is 7.54. The van der Waals surface area contributed by atoms with Gasteiger partial charge in [-0.05, 0) is 32.1 Å². The molecule has 0 aromatic carbocycles. The van der Waals surface area contributed by atoms with Crippen LogP contribution in [0.2, 0.25) is 0 Å². The first-order valence-electron chi connectivity index (χ1n) is 5.68. The van der Waals surface area contributed by atoms with Crippen LogP contribution < -0.4 is 11.1 Å². The number of rotatable bonds is 4. The van der Waals surface area contributed by atoms with E-state index in [0.717, 1.165) is 25.0 Å². The highest BCUT2D eigenvalue weighted by Crippen LogP contribution is 2.38. The molecule has 0 bridgehead atoms. The van der Waals surface area contributed by atoms with Gasteiger partial charge in [-0.1, -0.05) is 6.92 Å². The van der Waals surface area contributed by atoms with Crippen LogP contribution in [0.3, 0.4) is 0 Å². The zero-order valence-electron chi connectivity index (χ0n) is 9.71. The summed E-state index contributed by atoms with van der Waals surface area (Å²) in [5, 5.41) is 9.61. The molecule has 16 heavy (non-hydrogen) atoms. The molecule has 4 N–H and O–H groups in total. The number of aromatic nitrogens is 2. The van der Waals surface area contributed by atoms with Crippen molar-refractivity contribution >= 4 is 11.7 Å². The molecule has 0 spiro atoms. The lowest BCUT2D eigenvalue weighted by Gasteiger charge is -2.22. The number of nitrogens with two attached hydrogens (primary N) is 1. The van der Waals surface area contributed by atoms with Crippen molar-refractivity contribution < 1.29 is 4.79 Å². The van der Waals surface area contributed by atoms with Crippen molar-refractivity contribution in [2.24, 2.45) is 11.7 Å². The van der Waals surface area contributed by atoms with Crippen LogP contribution in [0.1, 0.15) is 32.4 Å². The highest BCUT2D eigenvalue weighted by atomic mass is 16.2. The molecule has 1 aliphatic rings. The van der Waals surface area contributed by atoms with E-state index >= 15 is 0 Å². The second-order valence-corrected chi connectivity index (χ2v) is 4.64. The van der Waals surface area contributed by atoms with Crippen LogP contribution >= 0.6 is 0 Å². The highest BCUT2D eigenvalue weighted by molar-refractivity contribution is 5.97. The number of hydrogen-bond acceptors (Lipinski definition) is 3. The van der Waals surface area contributed by atoms with E-state index in [1.54, 1.807) is 6.92 Å². The van der Waals surface area contributed by atoms with E-state index in [2.05, 4.69) is 15.5 Å². The highest BCUT2D eigenvalue weighted by Gasteiger charge is 2.44. The fourth-order valence-electron chi connectivity index (χ4n) is 1.73. The molecule has 1 unspecified atom stereocenters. The average Bonchev–Trinajstić information content (AvgIpc) is 3.01. The summed E-state index contributed by atoms with van der Waals surface area (Å²) in [4.78, 5) is 11.9. The molecular weight excluding hydrogens is 204 g/mol. The zero-order valence-corrected chi connectivity index (χ0v) is 9.71. The van der Waals surface area contributed by atoms with Crippen molar-refractivity contribution in [1.29, 1.82) is 0 Å². The van der Waals surface area contributed by atoms with Crippen LogP contribution in [-0.4, -0.2) is 21.6 Å². The Morgan fingerprint density at radius 2 is 2.44 bits per heavy atom. The molecule has 0 radical (unpaired) electrons. The summed E-state index contributed by atoms with van der Waals surface area (Å²) in [6.07, 6.45) is 2.95. The van der Waals surface area contributed by atoms with Gasteiger partial charge in [0.2, 0.25) is 5.91 Å². The molecule has 1 amide bonds. The lowest BCUT2D eigenvalue weighted by atomic mass is 9.96. The predicted molar refractivity (Wildman–Crippen MR) is 61.9 cm³/mol. The number of hydrogen-bond donors (Lipinski definition) is 3. The molecule has 1 atom stereocenters. The smallest absolute Gasteiger partial charge is 0.245 e. The number of aromatic amines is 1. The van der Waals surface area contributed by atoms with E-state index in [9.17, 15) is 4.79 Å². The fourth-order valence-corrected chi connectivity index (χ4v) is 1.73. The Kier molecular flexibility index (Phi) is 2.71. The third-order valence-corrected chi connectivity index (χ3v) is 3.17. The summed E-state index contributed by atoms with van der Waals surface area (Å²) in [5.74, 6) is 0.723. The molecule has 1 heterocycles. The summed E-state index contributed by atoms with van der Waals surface area (Å²) >= 11 is 0. The van der Waals surface area contributed by atoms with Gasteiger partial charge in [0.15, 0.2) is 5.82 Å². The Hall–Kier alpha value is -1.36.